The first-order valence-corrected chi connectivity index (χ1v) is 5.99. The van der Waals surface area contributed by atoms with Crippen LogP contribution in [-0.4, -0.2) is 32.5 Å². The largest absolute Gasteiger partial charge is 0.463 e. The molecular weight excluding hydrogens is 207 g/mol. The van der Waals surface area contributed by atoms with Gasteiger partial charge in [-0.15, -0.1) is 0 Å². The summed E-state index contributed by atoms with van der Waals surface area (Å²) in [5.74, 6) is -0.451. The highest BCUT2D eigenvalue weighted by Gasteiger charge is 2.31. The zero-order valence-corrected chi connectivity index (χ0v) is 9.08. The lowest BCUT2D eigenvalue weighted by molar-refractivity contribution is -0.138. The number of esters is 1. The van der Waals surface area contributed by atoms with Gasteiger partial charge in [-0.1, -0.05) is 0 Å². The molecule has 0 amide bonds. The molecule has 1 heterocycles. The molecule has 14 heavy (non-hydrogen) atoms. The van der Waals surface area contributed by atoms with E-state index in [0.29, 0.717) is 12.2 Å². The standard InChI is InChI=1S/C8H13O5P/c1-3-12-8(9)7-4-5-13-14(10,6-7)11-2/h4H,3,5-6H2,1-2H3. The normalized spacial score (nSPS) is 26.9. The molecule has 0 aromatic heterocycles. The molecule has 1 unspecified atom stereocenters. The van der Waals surface area contributed by atoms with Crippen LogP contribution in [0.25, 0.3) is 0 Å². The van der Waals surface area contributed by atoms with E-state index >= 15 is 0 Å². The molecule has 1 atom stereocenters. The Morgan fingerprint density at radius 2 is 2.43 bits per heavy atom. The van der Waals surface area contributed by atoms with E-state index in [1.54, 1.807) is 13.0 Å². The molecule has 1 aliphatic heterocycles. The zero-order chi connectivity index (χ0) is 10.6. The lowest BCUT2D eigenvalue weighted by Crippen LogP contribution is -2.16. The van der Waals surface area contributed by atoms with Gasteiger partial charge in [-0.05, 0) is 13.0 Å². The monoisotopic (exact) mass is 220 g/mol. The minimum absolute atomic E-state index is 0.0116. The number of hydrogen-bond acceptors (Lipinski definition) is 5. The molecular formula is C8H13O5P. The molecule has 6 heteroatoms. The summed E-state index contributed by atoms with van der Waals surface area (Å²) in [5, 5.41) is 0. The molecule has 0 spiro atoms. The van der Waals surface area contributed by atoms with Gasteiger partial charge in [0.25, 0.3) is 0 Å². The molecule has 0 N–H and O–H groups in total. The van der Waals surface area contributed by atoms with Crippen molar-refractivity contribution in [2.75, 3.05) is 26.5 Å². The van der Waals surface area contributed by atoms with Crippen LogP contribution in [-0.2, 0) is 23.1 Å². The molecule has 0 radical (unpaired) electrons. The molecule has 0 aromatic rings. The molecule has 5 nitrogen and oxygen atoms in total. The van der Waals surface area contributed by atoms with Gasteiger partial charge >= 0.3 is 13.6 Å². The molecule has 80 valence electrons. The van der Waals surface area contributed by atoms with Gasteiger partial charge in [0.1, 0.15) is 0 Å². The predicted molar refractivity (Wildman–Crippen MR) is 50.2 cm³/mol. The van der Waals surface area contributed by atoms with Crippen molar-refractivity contribution in [2.24, 2.45) is 0 Å². The Kier molecular flexibility index (Phi) is 3.86. The lowest BCUT2D eigenvalue weighted by Gasteiger charge is -2.20. The molecule has 0 saturated heterocycles. The van der Waals surface area contributed by atoms with E-state index < -0.39 is 13.6 Å². The Labute approximate surface area is 82.6 Å². The lowest BCUT2D eigenvalue weighted by atomic mass is 10.3. The summed E-state index contributed by atoms with van der Waals surface area (Å²) in [4.78, 5) is 11.3. The van der Waals surface area contributed by atoms with Gasteiger partial charge in [0.05, 0.1) is 19.4 Å². The number of carbonyl (C=O) groups excluding carboxylic acids is 1. The molecule has 0 fully saturated rings. The van der Waals surface area contributed by atoms with Gasteiger partial charge in [0.15, 0.2) is 0 Å². The first-order valence-electron chi connectivity index (χ1n) is 4.27. The Bertz CT molecular complexity index is 296. The van der Waals surface area contributed by atoms with Gasteiger partial charge in [-0.2, -0.15) is 0 Å². The van der Waals surface area contributed by atoms with E-state index in [4.69, 9.17) is 13.8 Å². The van der Waals surface area contributed by atoms with Crippen molar-refractivity contribution in [3.05, 3.63) is 11.6 Å². The fraction of sp³-hybridized carbons (Fsp3) is 0.625. The van der Waals surface area contributed by atoms with Crippen molar-refractivity contribution in [3.8, 4) is 0 Å². The second kappa shape index (κ2) is 4.73. The third kappa shape index (κ3) is 2.67. The maximum absolute atomic E-state index is 11.6. The fourth-order valence-corrected chi connectivity index (χ4v) is 2.36. The van der Waals surface area contributed by atoms with Crippen LogP contribution in [0.15, 0.2) is 11.6 Å². The highest BCUT2D eigenvalue weighted by molar-refractivity contribution is 7.54. The van der Waals surface area contributed by atoms with Gasteiger partial charge in [0.2, 0.25) is 0 Å². The Morgan fingerprint density at radius 3 is 3.00 bits per heavy atom. The Morgan fingerprint density at radius 1 is 1.71 bits per heavy atom. The van der Waals surface area contributed by atoms with E-state index in [-0.39, 0.29) is 12.8 Å². The topological polar surface area (TPSA) is 61.8 Å². The minimum Gasteiger partial charge on any atom is -0.463 e. The molecule has 1 aliphatic rings. The van der Waals surface area contributed by atoms with Crippen LogP contribution in [0.1, 0.15) is 6.92 Å². The molecule has 0 saturated carbocycles. The van der Waals surface area contributed by atoms with Crippen molar-refractivity contribution in [1.82, 2.24) is 0 Å². The fourth-order valence-electron chi connectivity index (χ4n) is 1.06. The summed E-state index contributed by atoms with van der Waals surface area (Å²) in [6.45, 7) is 2.14. The molecule has 1 rings (SSSR count). The van der Waals surface area contributed by atoms with Crippen LogP contribution in [0.3, 0.4) is 0 Å². The second-order valence-corrected chi connectivity index (χ2v) is 4.86. The van der Waals surface area contributed by atoms with Crippen LogP contribution in [0.2, 0.25) is 0 Å². The highest BCUT2D eigenvalue weighted by Crippen LogP contribution is 2.50. The summed E-state index contributed by atoms with van der Waals surface area (Å²) >= 11 is 0. The quantitative estimate of drug-likeness (QED) is 0.530. The van der Waals surface area contributed by atoms with Gasteiger partial charge < -0.3 is 13.8 Å². The molecule has 0 bridgehead atoms. The maximum Gasteiger partial charge on any atom is 0.335 e. The van der Waals surface area contributed by atoms with E-state index in [2.05, 4.69) is 0 Å². The average molecular weight is 220 g/mol. The summed E-state index contributed by atoms with van der Waals surface area (Å²) in [7, 11) is -1.80. The van der Waals surface area contributed by atoms with Crippen LogP contribution in [0.4, 0.5) is 0 Å². The van der Waals surface area contributed by atoms with Gasteiger partial charge in [-0.3, -0.25) is 4.57 Å². The highest BCUT2D eigenvalue weighted by atomic mass is 31.2. The van der Waals surface area contributed by atoms with Crippen LogP contribution in [0, 0.1) is 0 Å². The van der Waals surface area contributed by atoms with Gasteiger partial charge in [0, 0.05) is 12.7 Å². The predicted octanol–water partition coefficient (Wildman–Crippen LogP) is 1.35. The summed E-state index contributed by atoms with van der Waals surface area (Å²) in [6.07, 6.45) is 1.55. The van der Waals surface area contributed by atoms with E-state index in [1.165, 1.54) is 7.11 Å². The van der Waals surface area contributed by atoms with Crippen molar-refractivity contribution >= 4 is 13.6 Å². The summed E-state index contributed by atoms with van der Waals surface area (Å²) < 4.78 is 26.1. The number of ether oxygens (including phenoxy) is 1. The van der Waals surface area contributed by atoms with Crippen LogP contribution < -0.4 is 0 Å². The van der Waals surface area contributed by atoms with Crippen molar-refractivity contribution < 1.29 is 23.1 Å². The summed E-state index contributed by atoms with van der Waals surface area (Å²) in [5.41, 5.74) is 0.364. The van der Waals surface area contributed by atoms with Crippen molar-refractivity contribution in [3.63, 3.8) is 0 Å². The van der Waals surface area contributed by atoms with Crippen LogP contribution >= 0.6 is 7.60 Å². The second-order valence-electron chi connectivity index (χ2n) is 2.70. The first-order chi connectivity index (χ1) is 6.61. The average Bonchev–Trinajstić information content (AvgIpc) is 2.18. The Balaban J connectivity index is 2.68. The number of rotatable bonds is 3. The van der Waals surface area contributed by atoms with E-state index in [1.807, 2.05) is 0 Å². The summed E-state index contributed by atoms with van der Waals surface area (Å²) in [6, 6.07) is 0. The number of hydrogen-bond donors (Lipinski definition) is 0. The third-order valence-corrected chi connectivity index (χ3v) is 3.61. The van der Waals surface area contributed by atoms with Crippen LogP contribution in [0.5, 0.6) is 0 Å². The SMILES string of the molecule is CCOC(=O)C1=CCOP(=O)(OC)C1. The maximum atomic E-state index is 11.6. The van der Waals surface area contributed by atoms with Gasteiger partial charge in [-0.25, -0.2) is 4.79 Å². The van der Waals surface area contributed by atoms with Crippen molar-refractivity contribution in [1.29, 1.82) is 0 Å². The molecule has 0 aliphatic carbocycles. The zero-order valence-electron chi connectivity index (χ0n) is 8.19. The first kappa shape index (κ1) is 11.4. The molecule has 0 aromatic carbocycles. The van der Waals surface area contributed by atoms with Crippen molar-refractivity contribution in [2.45, 2.75) is 6.92 Å². The smallest absolute Gasteiger partial charge is 0.335 e. The Hall–Kier alpha value is -0.640. The minimum atomic E-state index is -3.10. The van der Waals surface area contributed by atoms with E-state index in [0.717, 1.165) is 0 Å². The third-order valence-electron chi connectivity index (χ3n) is 1.78. The number of carbonyl (C=O) groups is 1. The van der Waals surface area contributed by atoms with E-state index in [9.17, 15) is 9.36 Å².